The van der Waals surface area contributed by atoms with E-state index in [-0.39, 0.29) is 10.8 Å². The fourth-order valence-electron chi connectivity index (χ4n) is 2.10. The van der Waals surface area contributed by atoms with E-state index in [0.29, 0.717) is 6.04 Å². The minimum Gasteiger partial charge on any atom is -0.339 e. The first-order valence-corrected chi connectivity index (χ1v) is 7.66. The number of hydrogen-bond donors (Lipinski definition) is 1. The topological polar surface area (TPSA) is 51.0 Å². The summed E-state index contributed by atoms with van der Waals surface area (Å²) in [5, 5.41) is 7.69. The Morgan fingerprint density at radius 1 is 1.15 bits per heavy atom. The Hall–Kier alpha value is -0.900. The van der Waals surface area contributed by atoms with Gasteiger partial charge in [-0.05, 0) is 23.8 Å². The SMILES string of the molecule is CCCNC(Cc1nc(CC(C)(C)C)no1)C(C)(C)C. The summed E-state index contributed by atoms with van der Waals surface area (Å²) in [6, 6.07) is 0.352. The monoisotopic (exact) mass is 281 g/mol. The molecule has 1 unspecified atom stereocenters. The number of nitrogens with one attached hydrogen (secondary N) is 1. The van der Waals surface area contributed by atoms with E-state index in [9.17, 15) is 0 Å². The van der Waals surface area contributed by atoms with Gasteiger partial charge in [-0.2, -0.15) is 4.98 Å². The summed E-state index contributed by atoms with van der Waals surface area (Å²) in [7, 11) is 0. The standard InChI is InChI=1S/C16H31N3O/c1-8-9-17-12(16(5,6)7)10-14-18-13(19-20-14)11-15(2,3)4/h12,17H,8-11H2,1-7H3. The third-order valence-electron chi connectivity index (χ3n) is 3.26. The summed E-state index contributed by atoms with van der Waals surface area (Å²) in [6.45, 7) is 16.5. The van der Waals surface area contributed by atoms with Crippen molar-refractivity contribution in [1.29, 1.82) is 0 Å². The van der Waals surface area contributed by atoms with Gasteiger partial charge in [-0.25, -0.2) is 0 Å². The second-order valence-corrected chi connectivity index (χ2v) is 7.92. The van der Waals surface area contributed by atoms with Gasteiger partial charge in [0.25, 0.3) is 0 Å². The number of rotatable bonds is 6. The highest BCUT2D eigenvalue weighted by molar-refractivity contribution is 4.95. The summed E-state index contributed by atoms with van der Waals surface area (Å²) >= 11 is 0. The molecular formula is C16H31N3O. The van der Waals surface area contributed by atoms with Crippen molar-refractivity contribution in [3.8, 4) is 0 Å². The molecule has 116 valence electrons. The van der Waals surface area contributed by atoms with Gasteiger partial charge in [0.05, 0.1) is 0 Å². The van der Waals surface area contributed by atoms with E-state index in [1.54, 1.807) is 0 Å². The molecule has 1 atom stereocenters. The average molecular weight is 281 g/mol. The highest BCUT2D eigenvalue weighted by Crippen LogP contribution is 2.23. The van der Waals surface area contributed by atoms with Crippen LogP contribution >= 0.6 is 0 Å². The minimum absolute atomic E-state index is 0.174. The van der Waals surface area contributed by atoms with Crippen molar-refractivity contribution in [1.82, 2.24) is 15.5 Å². The van der Waals surface area contributed by atoms with Gasteiger partial charge < -0.3 is 9.84 Å². The molecule has 0 radical (unpaired) electrons. The normalized spacial score (nSPS) is 14.6. The molecule has 1 aromatic heterocycles. The maximum atomic E-state index is 5.42. The van der Waals surface area contributed by atoms with Gasteiger partial charge >= 0.3 is 0 Å². The van der Waals surface area contributed by atoms with Crippen LogP contribution in [0, 0.1) is 10.8 Å². The highest BCUT2D eigenvalue weighted by atomic mass is 16.5. The zero-order valence-corrected chi connectivity index (χ0v) is 14.2. The maximum Gasteiger partial charge on any atom is 0.228 e. The third-order valence-corrected chi connectivity index (χ3v) is 3.26. The molecule has 1 rings (SSSR count). The van der Waals surface area contributed by atoms with Crippen LogP contribution in [-0.2, 0) is 12.8 Å². The third kappa shape index (κ3) is 6.04. The summed E-state index contributed by atoms with van der Waals surface area (Å²) < 4.78 is 5.42. The van der Waals surface area contributed by atoms with Gasteiger partial charge in [0.1, 0.15) is 0 Å². The molecular weight excluding hydrogens is 250 g/mol. The first-order valence-electron chi connectivity index (χ1n) is 7.66. The Morgan fingerprint density at radius 2 is 1.80 bits per heavy atom. The highest BCUT2D eigenvalue weighted by Gasteiger charge is 2.26. The largest absolute Gasteiger partial charge is 0.339 e. The molecule has 0 bridgehead atoms. The first kappa shape index (κ1) is 17.2. The van der Waals surface area contributed by atoms with Crippen LogP contribution in [0.1, 0.15) is 66.6 Å². The van der Waals surface area contributed by atoms with Crippen LogP contribution in [0.2, 0.25) is 0 Å². The molecule has 0 spiro atoms. The van der Waals surface area contributed by atoms with E-state index < -0.39 is 0 Å². The van der Waals surface area contributed by atoms with Crippen molar-refractivity contribution in [2.75, 3.05) is 6.54 Å². The van der Waals surface area contributed by atoms with Crippen LogP contribution in [0.4, 0.5) is 0 Å². The van der Waals surface area contributed by atoms with E-state index >= 15 is 0 Å². The first-order chi connectivity index (χ1) is 9.12. The van der Waals surface area contributed by atoms with Crippen molar-refractivity contribution in [2.45, 2.75) is 73.8 Å². The molecule has 0 amide bonds. The molecule has 0 aliphatic carbocycles. The lowest BCUT2D eigenvalue weighted by Crippen LogP contribution is -2.42. The minimum atomic E-state index is 0.174. The lowest BCUT2D eigenvalue weighted by Gasteiger charge is -2.30. The molecule has 0 saturated heterocycles. The zero-order valence-electron chi connectivity index (χ0n) is 14.2. The van der Waals surface area contributed by atoms with Crippen molar-refractivity contribution in [2.24, 2.45) is 10.8 Å². The van der Waals surface area contributed by atoms with Gasteiger partial charge in [0.2, 0.25) is 5.89 Å². The number of nitrogens with zero attached hydrogens (tertiary/aromatic N) is 2. The Bertz CT molecular complexity index is 399. The van der Waals surface area contributed by atoms with Crippen LogP contribution < -0.4 is 5.32 Å². The van der Waals surface area contributed by atoms with E-state index in [0.717, 1.165) is 37.5 Å². The molecule has 0 aliphatic heterocycles. The Balaban J connectivity index is 2.69. The van der Waals surface area contributed by atoms with E-state index in [1.165, 1.54) is 0 Å². The molecule has 20 heavy (non-hydrogen) atoms. The molecule has 0 aliphatic rings. The second kappa shape index (κ2) is 6.70. The molecule has 0 saturated carbocycles. The average Bonchev–Trinajstić information content (AvgIpc) is 2.67. The van der Waals surface area contributed by atoms with Crippen molar-refractivity contribution in [3.63, 3.8) is 0 Å². The van der Waals surface area contributed by atoms with Crippen LogP contribution in [-0.4, -0.2) is 22.7 Å². The zero-order chi connectivity index (χ0) is 15.4. The lowest BCUT2D eigenvalue weighted by molar-refractivity contribution is 0.244. The quantitative estimate of drug-likeness (QED) is 0.865. The fourth-order valence-corrected chi connectivity index (χ4v) is 2.10. The molecule has 0 fully saturated rings. The fraction of sp³-hybridized carbons (Fsp3) is 0.875. The molecule has 4 nitrogen and oxygen atoms in total. The van der Waals surface area contributed by atoms with Crippen LogP contribution in [0.3, 0.4) is 0 Å². The molecule has 1 N–H and O–H groups in total. The Morgan fingerprint density at radius 3 is 2.30 bits per heavy atom. The van der Waals surface area contributed by atoms with E-state index in [1.807, 2.05) is 0 Å². The predicted octanol–water partition coefficient (Wildman–Crippen LogP) is 3.62. The number of hydrogen-bond acceptors (Lipinski definition) is 4. The second-order valence-electron chi connectivity index (χ2n) is 7.92. The van der Waals surface area contributed by atoms with Crippen molar-refractivity contribution in [3.05, 3.63) is 11.7 Å². The molecule has 4 heteroatoms. The van der Waals surface area contributed by atoms with Gasteiger partial charge in [0, 0.05) is 18.9 Å². The summed E-state index contributed by atoms with van der Waals surface area (Å²) in [5.41, 5.74) is 0.360. The molecule has 0 aromatic carbocycles. The summed E-state index contributed by atoms with van der Waals surface area (Å²) in [4.78, 5) is 4.54. The van der Waals surface area contributed by atoms with Crippen LogP contribution in [0.15, 0.2) is 4.52 Å². The van der Waals surface area contributed by atoms with Gasteiger partial charge in [-0.3, -0.25) is 0 Å². The number of aromatic nitrogens is 2. The van der Waals surface area contributed by atoms with Crippen LogP contribution in [0.25, 0.3) is 0 Å². The maximum absolute atomic E-state index is 5.42. The molecule has 1 heterocycles. The Kier molecular flexibility index (Phi) is 5.75. The smallest absolute Gasteiger partial charge is 0.228 e. The van der Waals surface area contributed by atoms with E-state index in [4.69, 9.17) is 4.52 Å². The van der Waals surface area contributed by atoms with Gasteiger partial charge in [0.15, 0.2) is 5.82 Å². The predicted molar refractivity (Wildman–Crippen MR) is 82.7 cm³/mol. The van der Waals surface area contributed by atoms with Crippen molar-refractivity contribution < 1.29 is 4.52 Å². The van der Waals surface area contributed by atoms with Crippen molar-refractivity contribution >= 4 is 0 Å². The van der Waals surface area contributed by atoms with Crippen LogP contribution in [0.5, 0.6) is 0 Å². The van der Waals surface area contributed by atoms with E-state index in [2.05, 4.69) is 63.9 Å². The van der Waals surface area contributed by atoms with Gasteiger partial charge in [-0.15, -0.1) is 0 Å². The summed E-state index contributed by atoms with van der Waals surface area (Å²) in [6.07, 6.45) is 2.77. The lowest BCUT2D eigenvalue weighted by atomic mass is 9.84. The Labute approximate surface area is 123 Å². The summed E-state index contributed by atoms with van der Waals surface area (Å²) in [5.74, 6) is 1.56. The van der Waals surface area contributed by atoms with Gasteiger partial charge in [-0.1, -0.05) is 53.6 Å². The molecule has 1 aromatic rings.